The summed E-state index contributed by atoms with van der Waals surface area (Å²) in [6.45, 7) is 3.19. The van der Waals surface area contributed by atoms with Crippen molar-refractivity contribution in [1.29, 1.82) is 0 Å². The van der Waals surface area contributed by atoms with Crippen LogP contribution >= 0.6 is 0 Å². The molecule has 0 atom stereocenters. The van der Waals surface area contributed by atoms with E-state index < -0.39 is 21.7 Å². The molecule has 20 heavy (non-hydrogen) atoms. The zero-order chi connectivity index (χ0) is 15.3. The summed E-state index contributed by atoms with van der Waals surface area (Å²) >= 11 is 0. The van der Waals surface area contributed by atoms with Gasteiger partial charge in [-0.25, -0.2) is 8.42 Å². The van der Waals surface area contributed by atoms with Gasteiger partial charge < -0.3 is 5.73 Å². The maximum Gasteiger partial charge on any atom is 0.407 e. The molecule has 1 aliphatic carbocycles. The van der Waals surface area contributed by atoms with Gasteiger partial charge >= 0.3 is 6.18 Å². The van der Waals surface area contributed by atoms with Gasteiger partial charge in [0.15, 0.2) is 0 Å². The van der Waals surface area contributed by atoms with Crippen LogP contribution in [0.1, 0.15) is 24.0 Å². The second-order valence-electron chi connectivity index (χ2n) is 5.11. The van der Waals surface area contributed by atoms with Gasteiger partial charge in [-0.2, -0.15) is 17.9 Å². The minimum Gasteiger partial charge on any atom is -0.398 e. The highest BCUT2D eigenvalue weighted by atomic mass is 32.2. The lowest BCUT2D eigenvalue weighted by molar-refractivity contribution is -0.160. The number of benzene rings is 1. The molecule has 3 N–H and O–H groups in total. The smallest absolute Gasteiger partial charge is 0.398 e. The number of hydrogen-bond donors (Lipinski definition) is 2. The molecule has 2 rings (SSSR count). The standard InChI is InChI=1S/C12H15F3N2O2S/c1-7-3-4-9(16)10(8(7)2)20(18,19)17-11(5-6-11)12(13,14)15/h3-4,17H,5-6,16H2,1-2H3. The molecule has 0 heterocycles. The number of nitrogens with one attached hydrogen (secondary N) is 1. The highest BCUT2D eigenvalue weighted by Crippen LogP contribution is 2.50. The predicted octanol–water partition coefficient (Wildman–Crippen LogP) is 2.26. The third-order valence-corrected chi connectivity index (χ3v) is 5.34. The molecule has 112 valence electrons. The van der Waals surface area contributed by atoms with Crippen molar-refractivity contribution in [3.63, 3.8) is 0 Å². The quantitative estimate of drug-likeness (QED) is 0.841. The molecule has 1 aromatic carbocycles. The summed E-state index contributed by atoms with van der Waals surface area (Å²) in [5.41, 5.74) is 4.23. The van der Waals surface area contributed by atoms with Gasteiger partial charge in [-0.1, -0.05) is 6.07 Å². The van der Waals surface area contributed by atoms with Crippen molar-refractivity contribution in [3.8, 4) is 0 Å². The molecule has 0 aliphatic heterocycles. The average Bonchev–Trinajstić information content (AvgIpc) is 3.03. The van der Waals surface area contributed by atoms with Crippen molar-refractivity contribution in [2.75, 3.05) is 5.73 Å². The molecule has 8 heteroatoms. The molecule has 0 bridgehead atoms. The van der Waals surface area contributed by atoms with E-state index in [-0.39, 0.29) is 23.4 Å². The van der Waals surface area contributed by atoms with Gasteiger partial charge in [0, 0.05) is 0 Å². The van der Waals surface area contributed by atoms with Crippen LogP contribution < -0.4 is 10.5 Å². The van der Waals surface area contributed by atoms with Crippen LogP contribution in [0.15, 0.2) is 17.0 Å². The van der Waals surface area contributed by atoms with Gasteiger partial charge in [0.2, 0.25) is 10.0 Å². The summed E-state index contributed by atoms with van der Waals surface area (Å²) in [5, 5.41) is 0. The van der Waals surface area contributed by atoms with E-state index in [0.717, 1.165) is 0 Å². The first-order chi connectivity index (χ1) is 9.00. The maximum absolute atomic E-state index is 12.9. The molecule has 0 unspecified atom stereocenters. The monoisotopic (exact) mass is 308 g/mol. The molecule has 1 fully saturated rings. The number of aryl methyl sites for hydroxylation is 1. The van der Waals surface area contributed by atoms with E-state index in [1.165, 1.54) is 13.0 Å². The molecule has 1 aliphatic rings. The number of anilines is 1. The fourth-order valence-electron chi connectivity index (χ4n) is 2.04. The number of halogens is 3. The van der Waals surface area contributed by atoms with Crippen molar-refractivity contribution in [2.24, 2.45) is 0 Å². The van der Waals surface area contributed by atoms with Crippen LogP contribution in [0.5, 0.6) is 0 Å². The number of alkyl halides is 3. The third-order valence-electron chi connectivity index (χ3n) is 3.60. The number of nitrogens with two attached hydrogens (primary N) is 1. The molecular formula is C12H15F3N2O2S. The Morgan fingerprint density at radius 1 is 1.25 bits per heavy atom. The Labute approximate surface area is 115 Å². The van der Waals surface area contributed by atoms with Gasteiger partial charge in [-0.3, -0.25) is 0 Å². The van der Waals surface area contributed by atoms with E-state index in [2.05, 4.69) is 0 Å². The summed E-state index contributed by atoms with van der Waals surface area (Å²) in [6.07, 6.45) is -5.10. The van der Waals surface area contributed by atoms with E-state index in [9.17, 15) is 21.6 Å². The summed E-state index contributed by atoms with van der Waals surface area (Å²) in [4.78, 5) is -0.270. The van der Waals surface area contributed by atoms with Gasteiger partial charge in [0.25, 0.3) is 0 Å². The van der Waals surface area contributed by atoms with E-state index >= 15 is 0 Å². The zero-order valence-electron chi connectivity index (χ0n) is 11.0. The fraction of sp³-hybridized carbons (Fsp3) is 0.500. The third kappa shape index (κ3) is 2.37. The Morgan fingerprint density at radius 3 is 2.25 bits per heavy atom. The molecule has 0 spiro atoms. The highest BCUT2D eigenvalue weighted by molar-refractivity contribution is 7.89. The lowest BCUT2D eigenvalue weighted by atomic mass is 10.1. The number of hydrogen-bond acceptors (Lipinski definition) is 3. The number of sulfonamides is 1. The fourth-order valence-corrected chi connectivity index (χ4v) is 3.92. The first-order valence-corrected chi connectivity index (χ1v) is 7.45. The lowest BCUT2D eigenvalue weighted by Gasteiger charge is -2.22. The normalized spacial score (nSPS) is 18.1. The molecule has 1 saturated carbocycles. The van der Waals surface area contributed by atoms with Crippen molar-refractivity contribution in [1.82, 2.24) is 4.72 Å². The summed E-state index contributed by atoms with van der Waals surface area (Å²) in [5.74, 6) is 0. The van der Waals surface area contributed by atoms with Crippen LogP contribution in [0.25, 0.3) is 0 Å². The Morgan fingerprint density at radius 2 is 1.80 bits per heavy atom. The van der Waals surface area contributed by atoms with Crippen molar-refractivity contribution in [2.45, 2.75) is 43.3 Å². The minimum absolute atomic E-state index is 0.0569. The second kappa shape index (κ2) is 4.36. The number of nitrogen functional groups attached to an aromatic ring is 1. The topological polar surface area (TPSA) is 72.2 Å². The summed E-state index contributed by atoms with van der Waals surface area (Å²) in [6, 6.07) is 3.00. The van der Waals surface area contributed by atoms with Gasteiger partial charge in [0.05, 0.1) is 5.69 Å². The zero-order valence-corrected chi connectivity index (χ0v) is 11.8. The summed E-state index contributed by atoms with van der Waals surface area (Å²) in [7, 11) is -4.32. The summed E-state index contributed by atoms with van der Waals surface area (Å²) < 4.78 is 64.8. The van der Waals surface area contributed by atoms with Crippen LogP contribution in [0.2, 0.25) is 0 Å². The van der Waals surface area contributed by atoms with Crippen LogP contribution in [-0.2, 0) is 10.0 Å². The Hall–Kier alpha value is -1.28. The van der Waals surface area contributed by atoms with Crippen LogP contribution in [0.3, 0.4) is 0 Å². The number of rotatable bonds is 3. The Balaban J connectivity index is 2.46. The van der Waals surface area contributed by atoms with Crippen LogP contribution in [-0.4, -0.2) is 20.1 Å². The van der Waals surface area contributed by atoms with Gasteiger partial charge in [-0.15, -0.1) is 0 Å². The van der Waals surface area contributed by atoms with E-state index in [1.807, 2.05) is 0 Å². The lowest BCUT2D eigenvalue weighted by Crippen LogP contribution is -2.48. The average molecular weight is 308 g/mol. The van der Waals surface area contributed by atoms with Crippen molar-refractivity contribution < 1.29 is 21.6 Å². The molecular weight excluding hydrogens is 293 g/mol. The van der Waals surface area contributed by atoms with Crippen LogP contribution in [0, 0.1) is 13.8 Å². The molecule has 1 aromatic rings. The first-order valence-electron chi connectivity index (χ1n) is 5.96. The molecule has 0 aromatic heterocycles. The minimum atomic E-state index is -4.60. The highest BCUT2D eigenvalue weighted by Gasteiger charge is 2.65. The Bertz CT molecular complexity index is 649. The molecule has 0 saturated heterocycles. The SMILES string of the molecule is Cc1ccc(N)c(S(=O)(=O)NC2(C(F)(F)F)CC2)c1C. The predicted molar refractivity (Wildman–Crippen MR) is 68.7 cm³/mol. The maximum atomic E-state index is 12.9. The Kier molecular flexibility index (Phi) is 3.29. The molecule has 4 nitrogen and oxygen atoms in total. The molecule has 0 amide bonds. The van der Waals surface area contributed by atoms with E-state index in [0.29, 0.717) is 11.1 Å². The van der Waals surface area contributed by atoms with E-state index in [4.69, 9.17) is 5.73 Å². The first kappa shape index (κ1) is 15.1. The largest absolute Gasteiger partial charge is 0.407 e. The molecule has 0 radical (unpaired) electrons. The van der Waals surface area contributed by atoms with Crippen LogP contribution in [0.4, 0.5) is 18.9 Å². The van der Waals surface area contributed by atoms with Crippen molar-refractivity contribution in [3.05, 3.63) is 23.3 Å². The van der Waals surface area contributed by atoms with Crippen molar-refractivity contribution >= 4 is 15.7 Å². The van der Waals surface area contributed by atoms with E-state index in [1.54, 1.807) is 17.7 Å². The van der Waals surface area contributed by atoms with Gasteiger partial charge in [-0.05, 0) is 43.9 Å². The van der Waals surface area contributed by atoms with Gasteiger partial charge in [0.1, 0.15) is 10.4 Å². The second-order valence-corrected chi connectivity index (χ2v) is 6.73.